The van der Waals surface area contributed by atoms with Crippen LogP contribution in [0.1, 0.15) is 5.56 Å². The highest BCUT2D eigenvalue weighted by Crippen LogP contribution is 2.32. The number of ether oxygens (including phenoxy) is 2. The molecule has 5 rings (SSSR count). The van der Waals surface area contributed by atoms with Gasteiger partial charge in [0, 0.05) is 0 Å². The fourth-order valence-corrected chi connectivity index (χ4v) is 3.75. The highest BCUT2D eigenvalue weighted by Gasteiger charge is 2.13. The van der Waals surface area contributed by atoms with Gasteiger partial charge in [0.2, 0.25) is 6.79 Å². The first-order chi connectivity index (χ1) is 11.3. The molecule has 0 saturated heterocycles. The monoisotopic (exact) mass is 322 g/mol. The van der Waals surface area contributed by atoms with Crippen LogP contribution in [0.2, 0.25) is 0 Å². The summed E-state index contributed by atoms with van der Waals surface area (Å²) in [5, 5.41) is 0. The van der Waals surface area contributed by atoms with Crippen molar-refractivity contribution >= 4 is 33.4 Å². The molecule has 6 heteroatoms. The van der Waals surface area contributed by atoms with Crippen molar-refractivity contribution in [2.45, 2.75) is 0 Å². The minimum Gasteiger partial charge on any atom is -0.454 e. The van der Waals surface area contributed by atoms with Gasteiger partial charge < -0.3 is 9.47 Å². The van der Waals surface area contributed by atoms with Crippen LogP contribution in [0.3, 0.4) is 0 Å². The lowest BCUT2D eigenvalue weighted by Gasteiger charge is -1.96. The molecule has 0 fully saturated rings. The summed E-state index contributed by atoms with van der Waals surface area (Å²) >= 11 is 1.39. The molecule has 1 aliphatic rings. The summed E-state index contributed by atoms with van der Waals surface area (Å²) in [6, 6.07) is 13.3. The largest absolute Gasteiger partial charge is 0.454 e. The first-order valence-corrected chi connectivity index (χ1v) is 7.93. The van der Waals surface area contributed by atoms with E-state index in [0.717, 1.165) is 22.3 Å². The highest BCUT2D eigenvalue weighted by atomic mass is 32.1. The molecule has 0 atom stereocenters. The number of aromatic nitrogens is 2. The predicted molar refractivity (Wildman–Crippen MR) is 88.2 cm³/mol. The fourth-order valence-electron chi connectivity index (χ4n) is 2.77. The summed E-state index contributed by atoms with van der Waals surface area (Å²) in [5.41, 5.74) is 2.54. The summed E-state index contributed by atoms with van der Waals surface area (Å²) in [6.07, 6.45) is 1.86. The third-order valence-electron chi connectivity index (χ3n) is 3.84. The van der Waals surface area contributed by atoms with Crippen molar-refractivity contribution < 1.29 is 9.47 Å². The van der Waals surface area contributed by atoms with E-state index < -0.39 is 0 Å². The molecule has 0 N–H and O–H groups in total. The second-order valence-corrected chi connectivity index (χ2v) is 6.26. The molecule has 1 aliphatic heterocycles. The lowest BCUT2D eigenvalue weighted by molar-refractivity contribution is 0.174. The van der Waals surface area contributed by atoms with Crippen LogP contribution in [0, 0.1) is 0 Å². The zero-order chi connectivity index (χ0) is 15.4. The van der Waals surface area contributed by atoms with Gasteiger partial charge in [0.25, 0.3) is 5.56 Å². The van der Waals surface area contributed by atoms with Gasteiger partial charge in [-0.3, -0.25) is 4.79 Å². The maximum Gasteiger partial charge on any atom is 0.274 e. The molecule has 4 aromatic rings. The molecule has 0 unspecified atom stereocenters. The Morgan fingerprint density at radius 1 is 1.13 bits per heavy atom. The second kappa shape index (κ2) is 4.57. The maximum atomic E-state index is 12.7. The van der Waals surface area contributed by atoms with Gasteiger partial charge in [0.15, 0.2) is 16.5 Å². The Labute approximate surface area is 134 Å². The summed E-state index contributed by atoms with van der Waals surface area (Å²) in [5.74, 6) is 1.44. The summed E-state index contributed by atoms with van der Waals surface area (Å²) in [7, 11) is 0. The molecule has 0 aliphatic carbocycles. The Kier molecular flexibility index (Phi) is 2.51. The number of nitrogens with zero attached hydrogens (tertiary/aromatic N) is 2. The van der Waals surface area contributed by atoms with Crippen molar-refractivity contribution in [3.8, 4) is 11.5 Å². The highest BCUT2D eigenvalue weighted by molar-refractivity contribution is 7.15. The molecule has 0 bridgehead atoms. The SMILES string of the molecule is O=c1/c(=C/c2ccc3c(c2)OCO3)sc2nc3ccccc3n12. The van der Waals surface area contributed by atoms with Gasteiger partial charge in [-0.15, -0.1) is 0 Å². The molecular weight excluding hydrogens is 312 g/mol. The first kappa shape index (κ1) is 12.7. The van der Waals surface area contributed by atoms with E-state index in [1.165, 1.54) is 11.3 Å². The average molecular weight is 322 g/mol. The van der Waals surface area contributed by atoms with E-state index in [0.29, 0.717) is 15.2 Å². The second-order valence-electron chi connectivity index (χ2n) is 5.25. The number of hydrogen-bond donors (Lipinski definition) is 0. The molecule has 0 spiro atoms. The van der Waals surface area contributed by atoms with Gasteiger partial charge in [-0.05, 0) is 35.9 Å². The van der Waals surface area contributed by atoms with Crippen molar-refractivity contribution in [3.63, 3.8) is 0 Å². The van der Waals surface area contributed by atoms with Crippen LogP contribution < -0.4 is 19.6 Å². The van der Waals surface area contributed by atoms with Crippen LogP contribution in [0.15, 0.2) is 47.3 Å². The van der Waals surface area contributed by atoms with E-state index in [4.69, 9.17) is 9.47 Å². The quantitative estimate of drug-likeness (QED) is 0.539. The van der Waals surface area contributed by atoms with Crippen LogP contribution in [0.25, 0.3) is 22.1 Å². The Morgan fingerprint density at radius 2 is 2.00 bits per heavy atom. The topological polar surface area (TPSA) is 52.8 Å². The van der Waals surface area contributed by atoms with Crippen molar-refractivity contribution in [3.05, 3.63) is 62.9 Å². The predicted octanol–water partition coefficient (Wildman–Crippen LogP) is 2.19. The molecule has 112 valence electrons. The van der Waals surface area contributed by atoms with Crippen LogP contribution in [0.4, 0.5) is 0 Å². The molecule has 5 nitrogen and oxygen atoms in total. The molecule has 3 heterocycles. The first-order valence-electron chi connectivity index (χ1n) is 7.11. The smallest absolute Gasteiger partial charge is 0.274 e. The number of para-hydroxylation sites is 2. The lowest BCUT2D eigenvalue weighted by atomic mass is 10.2. The summed E-state index contributed by atoms with van der Waals surface area (Å²) in [6.45, 7) is 0.240. The normalized spacial score (nSPS) is 14.2. The van der Waals surface area contributed by atoms with Crippen molar-refractivity contribution in [2.24, 2.45) is 0 Å². The summed E-state index contributed by atoms with van der Waals surface area (Å²) in [4.78, 5) is 17.9. The van der Waals surface area contributed by atoms with Gasteiger partial charge in [-0.2, -0.15) is 0 Å². The van der Waals surface area contributed by atoms with Gasteiger partial charge >= 0.3 is 0 Å². The van der Waals surface area contributed by atoms with Gasteiger partial charge in [-0.1, -0.05) is 29.5 Å². The van der Waals surface area contributed by atoms with E-state index in [9.17, 15) is 4.79 Å². The van der Waals surface area contributed by atoms with E-state index in [-0.39, 0.29) is 12.4 Å². The minimum atomic E-state index is -0.0450. The standard InChI is InChI=1S/C17H10N2O3S/c20-16-15(8-10-5-6-13-14(7-10)22-9-21-13)23-17-18-11-3-1-2-4-12(11)19(16)17/h1-8H,9H2/b15-8-. The molecule has 2 aromatic carbocycles. The number of imidazole rings is 1. The Morgan fingerprint density at radius 3 is 2.96 bits per heavy atom. The van der Waals surface area contributed by atoms with Crippen LogP contribution in [-0.4, -0.2) is 16.2 Å². The number of benzene rings is 2. The van der Waals surface area contributed by atoms with Gasteiger partial charge in [-0.25, -0.2) is 9.38 Å². The minimum absolute atomic E-state index is 0.0450. The Bertz CT molecular complexity index is 1180. The van der Waals surface area contributed by atoms with Crippen LogP contribution in [-0.2, 0) is 0 Å². The van der Waals surface area contributed by atoms with Gasteiger partial charge in [0.05, 0.1) is 15.6 Å². The van der Waals surface area contributed by atoms with E-state index in [2.05, 4.69) is 4.98 Å². The van der Waals surface area contributed by atoms with E-state index in [1.807, 2.05) is 48.5 Å². The third-order valence-corrected chi connectivity index (χ3v) is 4.81. The van der Waals surface area contributed by atoms with E-state index >= 15 is 0 Å². The molecule has 2 aromatic heterocycles. The molecule has 0 radical (unpaired) electrons. The van der Waals surface area contributed by atoms with Crippen molar-refractivity contribution in [2.75, 3.05) is 6.79 Å². The van der Waals surface area contributed by atoms with Crippen molar-refractivity contribution in [1.82, 2.24) is 9.38 Å². The number of hydrogen-bond acceptors (Lipinski definition) is 5. The zero-order valence-corrected chi connectivity index (χ0v) is 12.7. The molecule has 0 saturated carbocycles. The van der Waals surface area contributed by atoms with Crippen molar-refractivity contribution in [1.29, 1.82) is 0 Å². The van der Waals surface area contributed by atoms with Crippen LogP contribution >= 0.6 is 11.3 Å². The third kappa shape index (κ3) is 1.85. The molecule has 23 heavy (non-hydrogen) atoms. The number of thiazole rings is 1. The lowest BCUT2D eigenvalue weighted by Crippen LogP contribution is -2.22. The summed E-state index contributed by atoms with van der Waals surface area (Å²) < 4.78 is 13.0. The number of rotatable bonds is 1. The average Bonchev–Trinajstić information content (AvgIpc) is 3.23. The zero-order valence-electron chi connectivity index (χ0n) is 11.9. The number of fused-ring (bicyclic) bond motifs is 4. The molecular formula is C17H10N2O3S. The molecule has 0 amide bonds. The van der Waals surface area contributed by atoms with Gasteiger partial charge in [0.1, 0.15) is 0 Å². The maximum absolute atomic E-state index is 12.7. The van der Waals surface area contributed by atoms with Crippen LogP contribution in [0.5, 0.6) is 11.5 Å². The fraction of sp³-hybridized carbons (Fsp3) is 0.0588. The van der Waals surface area contributed by atoms with E-state index in [1.54, 1.807) is 4.40 Å². The Hall–Kier alpha value is -2.86. The Balaban J connectivity index is 1.74.